The van der Waals surface area contributed by atoms with E-state index in [0.29, 0.717) is 15.2 Å². The summed E-state index contributed by atoms with van der Waals surface area (Å²) in [6.07, 6.45) is 3.13. The molecule has 1 N–H and O–H groups in total. The van der Waals surface area contributed by atoms with Crippen LogP contribution < -0.4 is 26.3 Å². The van der Waals surface area contributed by atoms with Gasteiger partial charge in [-0.1, -0.05) is 11.3 Å². The molecule has 3 aromatic heterocycles. The number of likely N-dealkylation sites (N-methyl/N-ethyl adjacent to an activating group) is 1. The number of aromatic nitrogens is 5. The van der Waals surface area contributed by atoms with Crippen LogP contribution in [-0.2, 0) is 14.3 Å². The van der Waals surface area contributed by atoms with E-state index < -0.39 is 41.3 Å². The molecule has 0 saturated heterocycles. The molecule has 0 unspecified atom stereocenters. The molecule has 14 nitrogen and oxygen atoms in total. The molecule has 1 aromatic carbocycles. The van der Waals surface area contributed by atoms with Gasteiger partial charge in [-0.15, -0.1) is 4.80 Å². The van der Waals surface area contributed by atoms with Crippen molar-refractivity contribution in [2.24, 2.45) is 0 Å². The number of benzene rings is 1. The van der Waals surface area contributed by atoms with Crippen LogP contribution in [-0.4, -0.2) is 69.7 Å². The third kappa shape index (κ3) is 6.28. The summed E-state index contributed by atoms with van der Waals surface area (Å²) in [6, 6.07) is 3.64. The van der Waals surface area contributed by atoms with E-state index in [1.165, 1.54) is 56.7 Å². The maximum Gasteiger partial charge on any atom is 0.429 e. The first-order chi connectivity index (χ1) is 20.3. The van der Waals surface area contributed by atoms with Crippen LogP contribution >= 0.6 is 11.3 Å². The smallest absolute Gasteiger partial charge is 0.429 e. The van der Waals surface area contributed by atoms with Crippen molar-refractivity contribution in [1.82, 2.24) is 29.6 Å². The van der Waals surface area contributed by atoms with Crippen molar-refractivity contribution in [1.29, 1.82) is 0 Å². The minimum absolute atomic E-state index is 0.0698. The lowest BCUT2D eigenvalue weighted by molar-refractivity contribution is -0.123. The second kappa shape index (κ2) is 12.1. The molecule has 2 amide bonds. The van der Waals surface area contributed by atoms with E-state index in [0.717, 1.165) is 27.0 Å². The third-order valence-electron chi connectivity index (χ3n) is 5.98. The van der Waals surface area contributed by atoms with Crippen molar-refractivity contribution in [2.45, 2.75) is 33.3 Å². The van der Waals surface area contributed by atoms with Crippen molar-refractivity contribution in [3.63, 3.8) is 0 Å². The maximum absolute atomic E-state index is 14.4. The molecule has 0 bridgehead atoms. The molecule has 4 aromatic rings. The van der Waals surface area contributed by atoms with Gasteiger partial charge in [0.15, 0.2) is 6.61 Å². The standard InChI is InChI=1S/C27H30FN7O7S/c1-15-21-22(37)34(32(6)26(39)42-27(2,3)4)25(38)33(24(21)43-23(15)35-30-10-11-31-35)13-19(41-14-20(36)29-5)17-12-16(28)8-9-18(17)40-7/h8-13H,14H2,1-7H3,(H,29,36). The molecule has 0 aliphatic rings. The van der Waals surface area contributed by atoms with E-state index in [1.807, 2.05) is 0 Å². The quantitative estimate of drug-likeness (QED) is 0.295. The number of amides is 2. The highest BCUT2D eigenvalue weighted by Crippen LogP contribution is 2.33. The highest BCUT2D eigenvalue weighted by atomic mass is 32.1. The molecular weight excluding hydrogens is 585 g/mol. The number of ether oxygens (including phenoxy) is 3. The van der Waals surface area contributed by atoms with Crippen LogP contribution in [0.25, 0.3) is 27.2 Å². The van der Waals surface area contributed by atoms with E-state index in [9.17, 15) is 23.6 Å². The first kappa shape index (κ1) is 31.0. The zero-order chi connectivity index (χ0) is 31.6. The second-order valence-electron chi connectivity index (χ2n) is 10.1. The summed E-state index contributed by atoms with van der Waals surface area (Å²) in [5, 5.41) is 12.0. The number of nitrogens with one attached hydrogen (secondary N) is 1. The highest BCUT2D eigenvalue weighted by Gasteiger charge is 2.28. The number of methoxy groups -OCH3 is 1. The molecule has 228 valence electrons. The van der Waals surface area contributed by atoms with Gasteiger partial charge in [-0.3, -0.25) is 14.2 Å². The molecule has 0 saturated carbocycles. The number of rotatable bonds is 8. The zero-order valence-electron chi connectivity index (χ0n) is 24.5. The number of carbonyl (C=O) groups excluding carboxylic acids is 2. The summed E-state index contributed by atoms with van der Waals surface area (Å²) in [5.74, 6) is -1.11. The van der Waals surface area contributed by atoms with Crippen LogP contribution in [0.2, 0.25) is 0 Å². The van der Waals surface area contributed by atoms with E-state index in [4.69, 9.17) is 14.2 Å². The Morgan fingerprint density at radius 1 is 1.19 bits per heavy atom. The number of fused-ring (bicyclic) bond motifs is 1. The molecule has 3 heterocycles. The largest absolute Gasteiger partial charge is 0.496 e. The number of halogens is 1. The van der Waals surface area contributed by atoms with E-state index in [-0.39, 0.29) is 27.3 Å². The molecule has 0 aliphatic heterocycles. The fourth-order valence-corrected chi connectivity index (χ4v) is 5.17. The Kier molecular flexibility index (Phi) is 8.70. The molecule has 16 heteroatoms. The molecular formula is C27H30FN7O7S. The van der Waals surface area contributed by atoms with Crippen LogP contribution in [0.5, 0.6) is 5.75 Å². The van der Waals surface area contributed by atoms with Crippen LogP contribution in [0.1, 0.15) is 31.9 Å². The first-order valence-electron chi connectivity index (χ1n) is 12.8. The second-order valence-corrected chi connectivity index (χ2v) is 11.1. The Bertz CT molecular complexity index is 1840. The summed E-state index contributed by atoms with van der Waals surface area (Å²) >= 11 is 1.02. The zero-order valence-corrected chi connectivity index (χ0v) is 25.3. The van der Waals surface area contributed by atoms with Crippen molar-refractivity contribution < 1.29 is 28.2 Å². The predicted octanol–water partition coefficient (Wildman–Crippen LogP) is 2.48. The van der Waals surface area contributed by atoms with E-state index in [1.54, 1.807) is 27.7 Å². The Labute approximate surface area is 248 Å². The van der Waals surface area contributed by atoms with Crippen molar-refractivity contribution in [2.75, 3.05) is 32.8 Å². The molecule has 43 heavy (non-hydrogen) atoms. The number of hydrogen-bond donors (Lipinski definition) is 1. The Morgan fingerprint density at radius 3 is 2.47 bits per heavy atom. The van der Waals surface area contributed by atoms with Crippen molar-refractivity contribution in [3.8, 4) is 10.8 Å². The molecule has 0 fully saturated rings. The molecule has 0 aliphatic carbocycles. The van der Waals surface area contributed by atoms with Gasteiger partial charge in [0, 0.05) is 19.7 Å². The summed E-state index contributed by atoms with van der Waals surface area (Å²) in [4.78, 5) is 54.4. The number of nitrogens with zero attached hydrogens (tertiary/aromatic N) is 6. The fraction of sp³-hybridized carbons (Fsp3) is 0.333. The van der Waals surface area contributed by atoms with Gasteiger partial charge < -0.3 is 19.5 Å². The van der Waals surface area contributed by atoms with Crippen LogP contribution in [0.3, 0.4) is 0 Å². The summed E-state index contributed by atoms with van der Waals surface area (Å²) in [6.45, 7) is 6.07. The topological polar surface area (TPSA) is 152 Å². The van der Waals surface area contributed by atoms with Crippen molar-refractivity contribution >= 4 is 45.5 Å². The number of aryl methyl sites for hydroxylation is 1. The third-order valence-corrected chi connectivity index (χ3v) is 7.24. The SMILES string of the molecule is CNC(=O)COC(=Cn1c(=O)n(N(C)C(=O)OC(C)(C)C)c(=O)c2c(C)c(-n3nccn3)sc21)c1cc(F)ccc1OC. The lowest BCUT2D eigenvalue weighted by Gasteiger charge is -2.25. The van der Waals surface area contributed by atoms with Gasteiger partial charge in [0.05, 0.1) is 36.7 Å². The minimum atomic E-state index is -0.983. The van der Waals surface area contributed by atoms with Crippen LogP contribution in [0.15, 0.2) is 40.2 Å². The summed E-state index contributed by atoms with van der Waals surface area (Å²) in [5.41, 5.74) is -2.22. The Morgan fingerprint density at radius 2 is 1.86 bits per heavy atom. The monoisotopic (exact) mass is 615 g/mol. The summed E-state index contributed by atoms with van der Waals surface area (Å²) < 4.78 is 32.7. The summed E-state index contributed by atoms with van der Waals surface area (Å²) in [7, 11) is 3.99. The Balaban J connectivity index is 2.09. The van der Waals surface area contributed by atoms with Gasteiger partial charge in [-0.05, 0) is 45.9 Å². The van der Waals surface area contributed by atoms with Gasteiger partial charge in [-0.2, -0.15) is 14.9 Å². The van der Waals surface area contributed by atoms with E-state index in [2.05, 4.69) is 15.5 Å². The van der Waals surface area contributed by atoms with Crippen LogP contribution in [0.4, 0.5) is 9.18 Å². The van der Waals surface area contributed by atoms with Gasteiger partial charge in [0.2, 0.25) is 0 Å². The lowest BCUT2D eigenvalue weighted by atomic mass is 10.1. The normalized spacial score (nSPS) is 11.9. The number of hydrogen-bond acceptors (Lipinski definition) is 10. The first-order valence-corrected chi connectivity index (χ1v) is 13.6. The average Bonchev–Trinajstić information content (AvgIpc) is 3.59. The molecule has 0 radical (unpaired) electrons. The molecule has 4 rings (SSSR count). The fourth-order valence-electron chi connectivity index (χ4n) is 3.98. The average molecular weight is 616 g/mol. The van der Waals surface area contributed by atoms with Gasteiger partial charge in [0.1, 0.15) is 32.8 Å². The molecule has 0 spiro atoms. The van der Waals surface area contributed by atoms with Crippen molar-refractivity contribution in [3.05, 3.63) is 68.4 Å². The number of carbonyl (C=O) groups is 2. The van der Waals surface area contributed by atoms with E-state index >= 15 is 0 Å². The lowest BCUT2D eigenvalue weighted by Crippen LogP contribution is -2.53. The minimum Gasteiger partial charge on any atom is -0.496 e. The Hall–Kier alpha value is -4.99. The molecule has 0 atom stereocenters. The van der Waals surface area contributed by atoms with Crippen LogP contribution in [0, 0.1) is 12.7 Å². The number of thiophene rings is 1. The highest BCUT2D eigenvalue weighted by molar-refractivity contribution is 7.21. The predicted molar refractivity (Wildman–Crippen MR) is 158 cm³/mol. The maximum atomic E-state index is 14.4. The van der Waals surface area contributed by atoms with Gasteiger partial charge >= 0.3 is 11.8 Å². The van der Waals surface area contributed by atoms with Gasteiger partial charge in [0.25, 0.3) is 11.5 Å². The van der Waals surface area contributed by atoms with Gasteiger partial charge in [-0.25, -0.2) is 19.0 Å².